The second-order valence-corrected chi connectivity index (χ2v) is 6.60. The number of carboxylic acids is 1. The van der Waals surface area contributed by atoms with Crippen molar-refractivity contribution in [2.24, 2.45) is 5.92 Å². The number of aliphatic carboxylic acids is 1. The molecule has 1 aliphatic heterocycles. The molecule has 1 aromatic carbocycles. The third-order valence-corrected chi connectivity index (χ3v) is 5.28. The summed E-state index contributed by atoms with van der Waals surface area (Å²) in [5, 5.41) is 10.5. The van der Waals surface area contributed by atoms with Gasteiger partial charge < -0.3 is 15.0 Å². The molecule has 0 spiro atoms. The fourth-order valence-corrected chi connectivity index (χ4v) is 4.45. The molecule has 110 valence electrons. The van der Waals surface area contributed by atoms with Gasteiger partial charge in [0.2, 0.25) is 0 Å². The summed E-state index contributed by atoms with van der Waals surface area (Å²) in [5.74, 6) is 0.0350. The van der Waals surface area contributed by atoms with Crippen LogP contribution in [0, 0.1) is 5.92 Å². The number of aromatic nitrogens is 1. The van der Waals surface area contributed by atoms with Gasteiger partial charge in [-0.05, 0) is 43.0 Å². The molecule has 2 aromatic rings. The van der Waals surface area contributed by atoms with E-state index in [9.17, 15) is 4.79 Å². The van der Waals surface area contributed by atoms with Crippen molar-refractivity contribution in [1.82, 2.24) is 9.88 Å². The van der Waals surface area contributed by atoms with Crippen LogP contribution in [-0.4, -0.2) is 40.6 Å². The number of nitrogens with zero attached hydrogens (tertiary/aromatic N) is 1. The second kappa shape index (κ2) is 4.60. The number of piperidine rings is 1. The predicted octanol–water partition coefficient (Wildman–Crippen LogP) is 2.60. The number of carbonyl (C=O) groups is 1. The number of benzene rings is 1. The number of likely N-dealkylation sites (tertiary alicyclic amines) is 1. The molecule has 0 bridgehead atoms. The van der Waals surface area contributed by atoms with Gasteiger partial charge in [-0.2, -0.15) is 0 Å². The third kappa shape index (κ3) is 1.97. The molecule has 4 heteroatoms. The molecule has 4 rings (SSSR count). The molecule has 1 saturated heterocycles. The maximum Gasteiger partial charge on any atom is 0.303 e. The number of H-pyrrole nitrogens is 1. The first-order valence-corrected chi connectivity index (χ1v) is 7.64. The second-order valence-electron chi connectivity index (χ2n) is 6.60. The van der Waals surface area contributed by atoms with Gasteiger partial charge in [-0.3, -0.25) is 4.79 Å². The van der Waals surface area contributed by atoms with Crippen molar-refractivity contribution in [1.29, 1.82) is 0 Å². The van der Waals surface area contributed by atoms with Crippen LogP contribution >= 0.6 is 0 Å². The molecule has 1 unspecified atom stereocenters. The highest BCUT2D eigenvalue weighted by Crippen LogP contribution is 2.44. The Labute approximate surface area is 123 Å². The largest absolute Gasteiger partial charge is 0.481 e. The molecular formula is C17H20N2O2. The summed E-state index contributed by atoms with van der Waals surface area (Å²) in [5.41, 5.74) is 4.02. The van der Waals surface area contributed by atoms with Gasteiger partial charge in [0.25, 0.3) is 0 Å². The molecule has 3 atom stereocenters. The minimum absolute atomic E-state index is 0.254. The van der Waals surface area contributed by atoms with Gasteiger partial charge in [0.15, 0.2) is 0 Å². The van der Waals surface area contributed by atoms with Crippen LogP contribution in [0.5, 0.6) is 0 Å². The summed E-state index contributed by atoms with van der Waals surface area (Å²) >= 11 is 0. The molecule has 0 amide bonds. The molecule has 1 aliphatic carbocycles. The normalized spacial score (nSPS) is 28.5. The first-order chi connectivity index (χ1) is 10.1. The smallest absolute Gasteiger partial charge is 0.303 e. The standard InChI is InChI=1S/C17H20N2O2/c1-19-9-10(6-16(20)21)5-13-12-3-2-4-14-17(12)11(8-18-14)7-15(13)19/h2-4,8,10,13,15,18H,5-7,9H2,1H3,(H,20,21)/t10?,13-,15-/m1/s1. The number of carboxylic acid groups (broad SMARTS) is 1. The van der Waals surface area contributed by atoms with Gasteiger partial charge in [-0.15, -0.1) is 0 Å². The molecule has 21 heavy (non-hydrogen) atoms. The highest BCUT2D eigenvalue weighted by atomic mass is 16.4. The Bertz CT molecular complexity index is 706. The summed E-state index contributed by atoms with van der Waals surface area (Å²) < 4.78 is 0. The van der Waals surface area contributed by atoms with Crippen molar-refractivity contribution in [3.8, 4) is 0 Å². The van der Waals surface area contributed by atoms with E-state index in [-0.39, 0.29) is 12.3 Å². The van der Waals surface area contributed by atoms with Crippen molar-refractivity contribution in [2.75, 3.05) is 13.6 Å². The molecule has 2 N–H and O–H groups in total. The Kier molecular flexibility index (Phi) is 2.82. The molecule has 4 nitrogen and oxygen atoms in total. The number of aromatic amines is 1. The lowest BCUT2D eigenvalue weighted by molar-refractivity contribution is -0.138. The van der Waals surface area contributed by atoms with Crippen molar-refractivity contribution >= 4 is 16.9 Å². The maximum atomic E-state index is 11.1. The average molecular weight is 284 g/mol. The van der Waals surface area contributed by atoms with Crippen molar-refractivity contribution in [3.05, 3.63) is 35.5 Å². The minimum atomic E-state index is -0.678. The van der Waals surface area contributed by atoms with Crippen LogP contribution in [0.15, 0.2) is 24.4 Å². The van der Waals surface area contributed by atoms with Gasteiger partial charge >= 0.3 is 5.97 Å². The lowest BCUT2D eigenvalue weighted by Gasteiger charge is -2.45. The average Bonchev–Trinajstić information content (AvgIpc) is 2.84. The van der Waals surface area contributed by atoms with Gasteiger partial charge in [-0.1, -0.05) is 12.1 Å². The highest BCUT2D eigenvalue weighted by molar-refractivity contribution is 5.88. The number of likely N-dealkylation sites (N-methyl/N-ethyl adjacent to an activating group) is 1. The number of nitrogens with one attached hydrogen (secondary N) is 1. The van der Waals surface area contributed by atoms with Crippen molar-refractivity contribution in [3.63, 3.8) is 0 Å². The summed E-state index contributed by atoms with van der Waals surface area (Å²) in [6.07, 6.45) is 4.48. The van der Waals surface area contributed by atoms with E-state index in [2.05, 4.69) is 41.3 Å². The van der Waals surface area contributed by atoms with Gasteiger partial charge in [-0.25, -0.2) is 0 Å². The summed E-state index contributed by atoms with van der Waals surface area (Å²) in [6, 6.07) is 6.97. The van der Waals surface area contributed by atoms with Gasteiger partial charge in [0.05, 0.1) is 0 Å². The lowest BCUT2D eigenvalue weighted by atomic mass is 9.72. The van der Waals surface area contributed by atoms with Crippen LogP contribution in [0.25, 0.3) is 10.9 Å². The molecular weight excluding hydrogens is 264 g/mol. The van der Waals surface area contributed by atoms with Crippen LogP contribution in [0.2, 0.25) is 0 Å². The van der Waals surface area contributed by atoms with Crippen LogP contribution in [-0.2, 0) is 11.2 Å². The first kappa shape index (κ1) is 12.9. The zero-order valence-electron chi connectivity index (χ0n) is 12.2. The third-order valence-electron chi connectivity index (χ3n) is 5.28. The topological polar surface area (TPSA) is 56.3 Å². The minimum Gasteiger partial charge on any atom is -0.481 e. The van der Waals surface area contributed by atoms with E-state index in [4.69, 9.17) is 5.11 Å². The number of fused-ring (bicyclic) bond motifs is 2. The van der Waals surface area contributed by atoms with Crippen LogP contribution in [0.3, 0.4) is 0 Å². The fourth-order valence-electron chi connectivity index (χ4n) is 4.45. The summed E-state index contributed by atoms with van der Waals surface area (Å²) in [7, 11) is 2.14. The number of hydrogen-bond acceptors (Lipinski definition) is 2. The predicted molar refractivity (Wildman–Crippen MR) is 81.5 cm³/mol. The highest BCUT2D eigenvalue weighted by Gasteiger charge is 2.39. The van der Waals surface area contributed by atoms with E-state index in [1.165, 1.54) is 22.0 Å². The van der Waals surface area contributed by atoms with E-state index < -0.39 is 5.97 Å². The molecule has 0 saturated carbocycles. The Hall–Kier alpha value is -1.81. The van der Waals surface area contributed by atoms with E-state index in [0.29, 0.717) is 12.0 Å². The van der Waals surface area contributed by atoms with Crippen molar-refractivity contribution in [2.45, 2.75) is 31.2 Å². The first-order valence-electron chi connectivity index (χ1n) is 7.64. The molecule has 2 aliphatic rings. The van der Waals surface area contributed by atoms with Crippen LogP contribution in [0.1, 0.15) is 29.9 Å². The van der Waals surface area contributed by atoms with Gasteiger partial charge in [0.1, 0.15) is 0 Å². The number of rotatable bonds is 2. The monoisotopic (exact) mass is 284 g/mol. The summed E-state index contributed by atoms with van der Waals surface area (Å²) in [4.78, 5) is 16.8. The molecule has 1 aromatic heterocycles. The molecule has 1 fully saturated rings. The van der Waals surface area contributed by atoms with E-state index in [0.717, 1.165) is 19.4 Å². The Morgan fingerprint density at radius 1 is 1.48 bits per heavy atom. The fraction of sp³-hybridized carbons (Fsp3) is 0.471. The lowest BCUT2D eigenvalue weighted by Crippen LogP contribution is -2.48. The van der Waals surface area contributed by atoms with Gasteiger partial charge in [0, 0.05) is 42.0 Å². The Morgan fingerprint density at radius 3 is 3.14 bits per heavy atom. The molecule has 0 radical (unpaired) electrons. The quantitative estimate of drug-likeness (QED) is 0.891. The Balaban J connectivity index is 1.76. The Morgan fingerprint density at radius 2 is 2.33 bits per heavy atom. The van der Waals surface area contributed by atoms with E-state index in [1.807, 2.05) is 0 Å². The van der Waals surface area contributed by atoms with Crippen LogP contribution in [0.4, 0.5) is 0 Å². The number of hydrogen-bond donors (Lipinski definition) is 2. The van der Waals surface area contributed by atoms with Crippen molar-refractivity contribution < 1.29 is 9.90 Å². The van der Waals surface area contributed by atoms with E-state index in [1.54, 1.807) is 0 Å². The van der Waals surface area contributed by atoms with E-state index >= 15 is 0 Å². The van der Waals surface area contributed by atoms with Crippen LogP contribution < -0.4 is 0 Å². The zero-order chi connectivity index (χ0) is 14.6. The zero-order valence-corrected chi connectivity index (χ0v) is 12.2. The maximum absolute atomic E-state index is 11.1. The summed E-state index contributed by atoms with van der Waals surface area (Å²) in [6.45, 7) is 0.892. The molecule has 2 heterocycles. The SMILES string of the molecule is CN1CC(CC(=O)O)C[C@@H]2c3cccc4[nH]cc(c34)C[C@H]21.